The van der Waals surface area contributed by atoms with Crippen LogP contribution in [-0.2, 0) is 0 Å². The first-order valence-corrected chi connectivity index (χ1v) is 7.84. The molecule has 1 aliphatic rings. The average molecular weight is 276 g/mol. The van der Waals surface area contributed by atoms with Crippen molar-refractivity contribution in [2.45, 2.75) is 45.6 Å². The number of nitrogens with two attached hydrogens (primary N) is 1. The van der Waals surface area contributed by atoms with Crippen molar-refractivity contribution < 1.29 is 4.74 Å². The lowest BCUT2D eigenvalue weighted by molar-refractivity contribution is 0.154. The average Bonchev–Trinajstić information content (AvgIpc) is 2.48. The summed E-state index contributed by atoms with van der Waals surface area (Å²) in [4.78, 5) is 0. The van der Waals surface area contributed by atoms with Crippen molar-refractivity contribution in [2.75, 3.05) is 6.61 Å². The van der Waals surface area contributed by atoms with E-state index in [1.54, 1.807) is 0 Å². The van der Waals surface area contributed by atoms with E-state index < -0.39 is 0 Å². The van der Waals surface area contributed by atoms with Crippen LogP contribution in [0.15, 0.2) is 30.3 Å². The molecule has 2 rings (SSSR count). The first-order chi connectivity index (χ1) is 9.70. The summed E-state index contributed by atoms with van der Waals surface area (Å²) < 4.78 is 5.78. The van der Waals surface area contributed by atoms with E-state index >= 15 is 0 Å². The maximum Gasteiger partial charge on any atom is 0.119 e. The lowest BCUT2D eigenvalue weighted by Crippen LogP contribution is -2.44. The number of ether oxygens (including phenoxy) is 1. The molecular formula is C17H28N2O. The Balaban J connectivity index is 1.77. The fourth-order valence-corrected chi connectivity index (χ4v) is 3.23. The maximum atomic E-state index is 5.78. The van der Waals surface area contributed by atoms with Gasteiger partial charge in [-0.15, -0.1) is 0 Å². The van der Waals surface area contributed by atoms with Gasteiger partial charge in [0.1, 0.15) is 5.75 Å². The van der Waals surface area contributed by atoms with Crippen molar-refractivity contribution in [1.29, 1.82) is 0 Å². The number of nitrogens with one attached hydrogen (secondary N) is 1. The molecule has 0 heterocycles. The fraction of sp³-hybridized carbons (Fsp3) is 0.647. The Morgan fingerprint density at radius 2 is 1.95 bits per heavy atom. The van der Waals surface area contributed by atoms with Crippen LogP contribution >= 0.6 is 0 Å². The van der Waals surface area contributed by atoms with Crippen LogP contribution in [0.3, 0.4) is 0 Å². The summed E-state index contributed by atoms with van der Waals surface area (Å²) in [5.41, 5.74) is 3.01. The van der Waals surface area contributed by atoms with E-state index in [0.29, 0.717) is 12.0 Å². The van der Waals surface area contributed by atoms with Gasteiger partial charge < -0.3 is 4.74 Å². The molecule has 3 nitrogen and oxygen atoms in total. The third-order valence-corrected chi connectivity index (χ3v) is 4.86. The molecule has 0 saturated heterocycles. The van der Waals surface area contributed by atoms with Gasteiger partial charge in [0.2, 0.25) is 0 Å². The highest BCUT2D eigenvalue weighted by atomic mass is 16.5. The minimum atomic E-state index is 0.369. The molecule has 1 aromatic carbocycles. The second-order valence-corrected chi connectivity index (χ2v) is 6.25. The van der Waals surface area contributed by atoms with E-state index in [1.807, 2.05) is 30.3 Å². The summed E-state index contributed by atoms with van der Waals surface area (Å²) in [6, 6.07) is 10.4. The standard InChI is InChI=1S/C17H28N2O/c1-13-8-9-15(12-14(13)2)17(19-18)10-11-20-16-6-4-3-5-7-16/h3-7,13-15,17,19H,8-12,18H2,1-2H3. The molecule has 0 radical (unpaired) electrons. The minimum Gasteiger partial charge on any atom is -0.494 e. The summed E-state index contributed by atoms with van der Waals surface area (Å²) >= 11 is 0. The maximum absolute atomic E-state index is 5.78. The SMILES string of the molecule is CC1CCC(C(CCOc2ccccc2)NN)CC1C. The third kappa shape index (κ3) is 4.22. The van der Waals surface area contributed by atoms with Crippen LogP contribution in [-0.4, -0.2) is 12.6 Å². The number of hydrogen-bond donors (Lipinski definition) is 2. The van der Waals surface area contributed by atoms with Crippen LogP contribution in [0.25, 0.3) is 0 Å². The van der Waals surface area contributed by atoms with Gasteiger partial charge in [-0.1, -0.05) is 38.5 Å². The second-order valence-electron chi connectivity index (χ2n) is 6.25. The Labute approximate surface area is 122 Å². The molecule has 0 spiro atoms. The number of benzene rings is 1. The smallest absolute Gasteiger partial charge is 0.119 e. The lowest BCUT2D eigenvalue weighted by Gasteiger charge is -2.36. The Kier molecular flexibility index (Phi) is 5.86. The monoisotopic (exact) mass is 276 g/mol. The second kappa shape index (κ2) is 7.65. The van der Waals surface area contributed by atoms with E-state index in [4.69, 9.17) is 10.6 Å². The van der Waals surface area contributed by atoms with Crippen molar-refractivity contribution in [2.24, 2.45) is 23.6 Å². The Bertz CT molecular complexity index is 382. The summed E-state index contributed by atoms with van der Waals surface area (Å²) in [5, 5.41) is 0. The number of hydrazine groups is 1. The highest BCUT2D eigenvalue weighted by Gasteiger charge is 2.29. The quantitative estimate of drug-likeness (QED) is 0.618. The van der Waals surface area contributed by atoms with E-state index in [9.17, 15) is 0 Å². The number of para-hydroxylation sites is 1. The molecule has 0 aromatic heterocycles. The third-order valence-electron chi connectivity index (χ3n) is 4.86. The van der Waals surface area contributed by atoms with Gasteiger partial charge >= 0.3 is 0 Å². The van der Waals surface area contributed by atoms with Crippen LogP contribution in [0.4, 0.5) is 0 Å². The summed E-state index contributed by atoms with van der Waals surface area (Å²) in [5.74, 6) is 9.04. The molecule has 3 N–H and O–H groups in total. The van der Waals surface area contributed by atoms with Crippen molar-refractivity contribution in [3.8, 4) is 5.75 Å². The Morgan fingerprint density at radius 3 is 2.60 bits per heavy atom. The highest BCUT2D eigenvalue weighted by molar-refractivity contribution is 5.20. The zero-order valence-electron chi connectivity index (χ0n) is 12.7. The van der Waals surface area contributed by atoms with E-state index in [1.165, 1.54) is 19.3 Å². The molecule has 20 heavy (non-hydrogen) atoms. The van der Waals surface area contributed by atoms with Gasteiger partial charge in [0.25, 0.3) is 0 Å². The molecule has 1 aliphatic carbocycles. The largest absolute Gasteiger partial charge is 0.494 e. The van der Waals surface area contributed by atoms with Crippen molar-refractivity contribution in [3.05, 3.63) is 30.3 Å². The molecule has 1 fully saturated rings. The molecular weight excluding hydrogens is 248 g/mol. The molecule has 3 heteroatoms. The summed E-state index contributed by atoms with van der Waals surface area (Å²) in [7, 11) is 0. The zero-order valence-corrected chi connectivity index (χ0v) is 12.7. The van der Waals surface area contributed by atoms with Crippen LogP contribution in [0.2, 0.25) is 0 Å². The van der Waals surface area contributed by atoms with Gasteiger partial charge in [0, 0.05) is 6.04 Å². The normalized spacial score (nSPS) is 28.1. The van der Waals surface area contributed by atoms with Crippen molar-refractivity contribution >= 4 is 0 Å². The molecule has 4 unspecified atom stereocenters. The minimum absolute atomic E-state index is 0.369. The molecule has 4 atom stereocenters. The Morgan fingerprint density at radius 1 is 1.20 bits per heavy atom. The predicted molar refractivity (Wildman–Crippen MR) is 83.3 cm³/mol. The van der Waals surface area contributed by atoms with Crippen molar-refractivity contribution in [1.82, 2.24) is 5.43 Å². The number of hydrogen-bond acceptors (Lipinski definition) is 3. The van der Waals surface area contributed by atoms with E-state index in [-0.39, 0.29) is 0 Å². The van der Waals surface area contributed by atoms with Gasteiger partial charge in [-0.25, -0.2) is 0 Å². The van der Waals surface area contributed by atoms with Gasteiger partial charge in [-0.3, -0.25) is 11.3 Å². The molecule has 0 bridgehead atoms. The Hall–Kier alpha value is -1.06. The zero-order chi connectivity index (χ0) is 14.4. The number of rotatable bonds is 6. The highest BCUT2D eigenvalue weighted by Crippen LogP contribution is 2.35. The van der Waals surface area contributed by atoms with Crippen LogP contribution < -0.4 is 16.0 Å². The summed E-state index contributed by atoms with van der Waals surface area (Å²) in [6.45, 7) is 5.45. The van der Waals surface area contributed by atoms with Crippen molar-refractivity contribution in [3.63, 3.8) is 0 Å². The molecule has 112 valence electrons. The van der Waals surface area contributed by atoms with E-state index in [0.717, 1.165) is 30.6 Å². The van der Waals surface area contributed by atoms with Crippen LogP contribution in [0.1, 0.15) is 39.5 Å². The van der Waals surface area contributed by atoms with Crippen LogP contribution in [0.5, 0.6) is 5.75 Å². The molecule has 1 aromatic rings. The first-order valence-electron chi connectivity index (χ1n) is 7.84. The van der Waals surface area contributed by atoms with Gasteiger partial charge in [0.15, 0.2) is 0 Å². The van der Waals surface area contributed by atoms with E-state index in [2.05, 4.69) is 19.3 Å². The topological polar surface area (TPSA) is 47.3 Å². The summed E-state index contributed by atoms with van der Waals surface area (Å²) in [6.07, 6.45) is 4.85. The fourth-order valence-electron chi connectivity index (χ4n) is 3.23. The first kappa shape index (κ1) is 15.3. The van der Waals surface area contributed by atoms with Crippen LogP contribution in [0, 0.1) is 17.8 Å². The predicted octanol–water partition coefficient (Wildman–Crippen LogP) is 3.36. The van der Waals surface area contributed by atoms with Gasteiger partial charge in [0.05, 0.1) is 6.61 Å². The molecule has 0 aliphatic heterocycles. The lowest BCUT2D eigenvalue weighted by atomic mass is 9.73. The molecule has 0 amide bonds. The molecule has 1 saturated carbocycles. The van der Waals surface area contributed by atoms with Gasteiger partial charge in [-0.2, -0.15) is 0 Å². The van der Waals surface area contributed by atoms with Gasteiger partial charge in [-0.05, 0) is 49.1 Å².